The summed E-state index contributed by atoms with van der Waals surface area (Å²) in [6.07, 6.45) is -4.69. The maximum atomic E-state index is 11.9. The van der Waals surface area contributed by atoms with Gasteiger partial charge < -0.3 is 11.1 Å². The number of nitrogens with one attached hydrogen (secondary N) is 1. The highest BCUT2D eigenvalue weighted by molar-refractivity contribution is 5.76. The Morgan fingerprint density at radius 1 is 1.31 bits per heavy atom. The lowest BCUT2D eigenvalue weighted by Crippen LogP contribution is -2.47. The number of carbonyl (C=O) groups is 1. The molecule has 96 valence electrons. The number of hydrogen-bond acceptors (Lipinski definition) is 2. The van der Waals surface area contributed by atoms with Crippen LogP contribution in [-0.4, -0.2) is 24.2 Å². The first-order valence-electron chi connectivity index (χ1n) is 5.30. The van der Waals surface area contributed by atoms with Gasteiger partial charge in [-0.15, -0.1) is 0 Å². The maximum Gasteiger partial charge on any atom is 0.389 e. The average Bonchev–Trinajstić information content (AvgIpc) is 2.14. The topological polar surface area (TPSA) is 55.1 Å². The van der Waals surface area contributed by atoms with Crippen molar-refractivity contribution >= 4 is 5.91 Å². The highest BCUT2D eigenvalue weighted by atomic mass is 19.4. The SMILES string of the molecule is CCC(C)(CCN)NC(=O)CCC(F)(F)F. The molecule has 0 aromatic heterocycles. The summed E-state index contributed by atoms with van der Waals surface area (Å²) in [5, 5.41) is 2.60. The fourth-order valence-corrected chi connectivity index (χ4v) is 1.30. The van der Waals surface area contributed by atoms with Gasteiger partial charge in [0.25, 0.3) is 0 Å². The van der Waals surface area contributed by atoms with E-state index < -0.39 is 30.5 Å². The van der Waals surface area contributed by atoms with Crippen LogP contribution >= 0.6 is 0 Å². The van der Waals surface area contributed by atoms with Crippen molar-refractivity contribution in [2.24, 2.45) is 5.73 Å². The van der Waals surface area contributed by atoms with Crippen LogP contribution in [0.3, 0.4) is 0 Å². The van der Waals surface area contributed by atoms with E-state index in [1.54, 1.807) is 6.92 Å². The van der Waals surface area contributed by atoms with Crippen LogP contribution in [0.15, 0.2) is 0 Å². The molecular weight excluding hydrogens is 221 g/mol. The van der Waals surface area contributed by atoms with Crippen molar-refractivity contribution in [2.75, 3.05) is 6.54 Å². The molecule has 0 aromatic rings. The van der Waals surface area contributed by atoms with Crippen molar-refractivity contribution in [3.8, 4) is 0 Å². The quantitative estimate of drug-likeness (QED) is 0.745. The minimum atomic E-state index is -4.28. The number of halogens is 3. The first-order chi connectivity index (χ1) is 7.22. The number of nitrogens with two attached hydrogens (primary N) is 1. The van der Waals surface area contributed by atoms with Gasteiger partial charge in [-0.25, -0.2) is 0 Å². The van der Waals surface area contributed by atoms with Gasteiger partial charge in [0.05, 0.1) is 6.42 Å². The minimum absolute atomic E-state index is 0.393. The molecule has 0 aromatic carbocycles. The van der Waals surface area contributed by atoms with Gasteiger partial charge in [0.1, 0.15) is 0 Å². The highest BCUT2D eigenvalue weighted by Crippen LogP contribution is 2.22. The van der Waals surface area contributed by atoms with E-state index in [9.17, 15) is 18.0 Å². The molecule has 0 aliphatic carbocycles. The molecule has 0 rings (SSSR count). The summed E-state index contributed by atoms with van der Waals surface area (Å²) in [4.78, 5) is 11.3. The Morgan fingerprint density at radius 3 is 2.25 bits per heavy atom. The summed E-state index contributed by atoms with van der Waals surface area (Å²) in [5.74, 6) is -0.574. The molecule has 1 unspecified atom stereocenters. The molecule has 3 nitrogen and oxygen atoms in total. The lowest BCUT2D eigenvalue weighted by molar-refractivity contribution is -0.144. The molecule has 3 N–H and O–H groups in total. The van der Waals surface area contributed by atoms with Crippen molar-refractivity contribution in [3.63, 3.8) is 0 Å². The van der Waals surface area contributed by atoms with E-state index in [0.717, 1.165) is 0 Å². The van der Waals surface area contributed by atoms with E-state index in [-0.39, 0.29) is 0 Å². The monoisotopic (exact) mass is 240 g/mol. The number of carbonyl (C=O) groups excluding carboxylic acids is 1. The summed E-state index contributed by atoms with van der Waals surface area (Å²) in [7, 11) is 0. The molecular formula is C10H19F3N2O. The molecule has 0 aliphatic heterocycles. The molecule has 0 spiro atoms. The van der Waals surface area contributed by atoms with Crippen LogP contribution in [0, 0.1) is 0 Å². The third-order valence-electron chi connectivity index (χ3n) is 2.55. The van der Waals surface area contributed by atoms with Crippen LogP contribution in [-0.2, 0) is 4.79 Å². The normalized spacial score (nSPS) is 15.6. The van der Waals surface area contributed by atoms with Gasteiger partial charge in [0.2, 0.25) is 5.91 Å². The fraction of sp³-hybridized carbons (Fsp3) is 0.900. The van der Waals surface area contributed by atoms with Gasteiger partial charge >= 0.3 is 6.18 Å². The third-order valence-corrected chi connectivity index (χ3v) is 2.55. The van der Waals surface area contributed by atoms with Gasteiger partial charge in [-0.3, -0.25) is 4.79 Å². The number of amides is 1. The van der Waals surface area contributed by atoms with E-state index in [0.29, 0.717) is 19.4 Å². The molecule has 0 radical (unpaired) electrons. The van der Waals surface area contributed by atoms with E-state index in [1.165, 1.54) is 0 Å². The first-order valence-corrected chi connectivity index (χ1v) is 5.30. The van der Waals surface area contributed by atoms with Crippen LogP contribution in [0.5, 0.6) is 0 Å². The van der Waals surface area contributed by atoms with E-state index in [1.807, 2.05) is 6.92 Å². The van der Waals surface area contributed by atoms with Crippen molar-refractivity contribution < 1.29 is 18.0 Å². The first kappa shape index (κ1) is 15.2. The second-order valence-corrected chi connectivity index (χ2v) is 4.12. The lowest BCUT2D eigenvalue weighted by atomic mass is 9.94. The zero-order valence-corrected chi connectivity index (χ0v) is 9.66. The van der Waals surface area contributed by atoms with Crippen molar-refractivity contribution in [3.05, 3.63) is 0 Å². The smallest absolute Gasteiger partial charge is 0.351 e. The summed E-state index contributed by atoms with van der Waals surface area (Å²) in [5.41, 5.74) is 4.88. The summed E-state index contributed by atoms with van der Waals surface area (Å²) < 4.78 is 35.6. The summed E-state index contributed by atoms with van der Waals surface area (Å²) in [6, 6.07) is 0. The van der Waals surface area contributed by atoms with Gasteiger partial charge in [0.15, 0.2) is 0 Å². The zero-order chi connectivity index (χ0) is 12.8. The second-order valence-electron chi connectivity index (χ2n) is 4.12. The average molecular weight is 240 g/mol. The van der Waals surface area contributed by atoms with Gasteiger partial charge in [-0.2, -0.15) is 13.2 Å². The molecule has 0 aliphatic rings. The zero-order valence-electron chi connectivity index (χ0n) is 9.66. The molecule has 0 fully saturated rings. The standard InChI is InChI=1S/C10H19F3N2O/c1-3-9(2,6-7-14)15-8(16)4-5-10(11,12)13/h3-7,14H2,1-2H3,(H,15,16). The third kappa shape index (κ3) is 6.66. The van der Waals surface area contributed by atoms with Gasteiger partial charge in [0, 0.05) is 12.0 Å². The molecule has 0 bridgehead atoms. The Morgan fingerprint density at radius 2 is 1.88 bits per heavy atom. The van der Waals surface area contributed by atoms with Crippen molar-refractivity contribution in [2.45, 2.75) is 51.2 Å². The Hall–Kier alpha value is -0.780. The predicted octanol–water partition coefficient (Wildman–Crippen LogP) is 1.96. The van der Waals surface area contributed by atoms with Gasteiger partial charge in [-0.05, 0) is 26.3 Å². The molecule has 6 heteroatoms. The fourth-order valence-electron chi connectivity index (χ4n) is 1.30. The number of rotatable bonds is 6. The van der Waals surface area contributed by atoms with Crippen LogP contribution < -0.4 is 11.1 Å². The minimum Gasteiger partial charge on any atom is -0.351 e. The van der Waals surface area contributed by atoms with Crippen LogP contribution in [0.1, 0.15) is 39.5 Å². The molecule has 16 heavy (non-hydrogen) atoms. The molecule has 0 saturated heterocycles. The van der Waals surface area contributed by atoms with Gasteiger partial charge in [-0.1, -0.05) is 6.92 Å². The Bertz CT molecular complexity index is 231. The molecule has 1 amide bonds. The number of hydrogen-bond donors (Lipinski definition) is 2. The molecule has 0 saturated carbocycles. The molecule has 1 atom stereocenters. The number of alkyl halides is 3. The maximum absolute atomic E-state index is 11.9. The van der Waals surface area contributed by atoms with Crippen LogP contribution in [0.25, 0.3) is 0 Å². The second kappa shape index (κ2) is 6.08. The Balaban J connectivity index is 4.11. The Kier molecular flexibility index (Phi) is 5.78. The lowest BCUT2D eigenvalue weighted by Gasteiger charge is -2.29. The van der Waals surface area contributed by atoms with Crippen LogP contribution in [0.4, 0.5) is 13.2 Å². The van der Waals surface area contributed by atoms with E-state index >= 15 is 0 Å². The summed E-state index contributed by atoms with van der Waals surface area (Å²) >= 11 is 0. The summed E-state index contributed by atoms with van der Waals surface area (Å²) in [6.45, 7) is 4.04. The molecule has 0 heterocycles. The van der Waals surface area contributed by atoms with Crippen LogP contribution in [0.2, 0.25) is 0 Å². The predicted molar refractivity (Wildman–Crippen MR) is 55.8 cm³/mol. The Labute approximate surface area is 93.6 Å². The van der Waals surface area contributed by atoms with E-state index in [4.69, 9.17) is 5.73 Å². The largest absolute Gasteiger partial charge is 0.389 e. The van der Waals surface area contributed by atoms with Crippen molar-refractivity contribution in [1.82, 2.24) is 5.32 Å². The van der Waals surface area contributed by atoms with Crippen molar-refractivity contribution in [1.29, 1.82) is 0 Å². The highest BCUT2D eigenvalue weighted by Gasteiger charge is 2.29. The van der Waals surface area contributed by atoms with E-state index in [2.05, 4.69) is 5.32 Å².